The van der Waals surface area contributed by atoms with Crippen LogP contribution >= 0.6 is 0 Å². The van der Waals surface area contributed by atoms with Crippen molar-refractivity contribution in [1.82, 2.24) is 5.32 Å². The number of nitrogens with two attached hydrogens (primary N) is 1. The zero-order chi connectivity index (χ0) is 14.9. The van der Waals surface area contributed by atoms with Gasteiger partial charge in [0.2, 0.25) is 5.91 Å². The molecule has 0 bridgehead atoms. The second-order valence-electron chi connectivity index (χ2n) is 6.74. The Morgan fingerprint density at radius 2 is 1.80 bits per heavy atom. The fourth-order valence-electron chi connectivity index (χ4n) is 2.95. The molecule has 0 spiro atoms. The highest BCUT2D eigenvalue weighted by molar-refractivity contribution is 5.87. The van der Waals surface area contributed by atoms with Crippen LogP contribution in [0.4, 0.5) is 5.69 Å². The molecule has 110 valence electrons. The van der Waals surface area contributed by atoms with Crippen molar-refractivity contribution in [3.05, 3.63) is 29.8 Å². The van der Waals surface area contributed by atoms with Gasteiger partial charge in [-0.2, -0.15) is 0 Å². The summed E-state index contributed by atoms with van der Waals surface area (Å²) in [5, 5.41) is 3.24. The molecular weight excluding hydrogens is 248 g/mol. The van der Waals surface area contributed by atoms with Gasteiger partial charge in [-0.1, -0.05) is 26.0 Å². The van der Waals surface area contributed by atoms with E-state index in [1.54, 1.807) is 0 Å². The number of benzene rings is 1. The predicted molar refractivity (Wildman–Crippen MR) is 83.4 cm³/mol. The lowest BCUT2D eigenvalue weighted by Crippen LogP contribution is -2.46. The molecule has 1 amide bonds. The van der Waals surface area contributed by atoms with Crippen LogP contribution in [0.2, 0.25) is 0 Å². The van der Waals surface area contributed by atoms with E-state index in [1.165, 1.54) is 6.42 Å². The number of carbonyl (C=O) groups is 1. The van der Waals surface area contributed by atoms with Crippen molar-refractivity contribution in [1.29, 1.82) is 0 Å². The van der Waals surface area contributed by atoms with Crippen LogP contribution < -0.4 is 11.1 Å². The number of nitrogen functional groups attached to an aromatic ring is 1. The van der Waals surface area contributed by atoms with Crippen LogP contribution in [0, 0.1) is 11.8 Å². The summed E-state index contributed by atoms with van der Waals surface area (Å²) in [7, 11) is 0. The molecule has 0 aliphatic heterocycles. The third-order valence-corrected chi connectivity index (χ3v) is 4.98. The lowest BCUT2D eigenvalue weighted by molar-refractivity contribution is -0.126. The first kappa shape index (κ1) is 14.9. The Kier molecular flexibility index (Phi) is 4.07. The summed E-state index contributed by atoms with van der Waals surface area (Å²) in [6, 6.07) is 7.89. The van der Waals surface area contributed by atoms with Crippen molar-refractivity contribution >= 4 is 11.6 Å². The Labute approximate surface area is 121 Å². The van der Waals surface area contributed by atoms with Gasteiger partial charge in [-0.05, 0) is 56.2 Å². The first-order chi connectivity index (χ1) is 9.32. The van der Waals surface area contributed by atoms with Crippen LogP contribution in [-0.4, -0.2) is 11.9 Å². The smallest absolute Gasteiger partial charge is 0.230 e. The first-order valence-electron chi connectivity index (χ1n) is 7.49. The van der Waals surface area contributed by atoms with Gasteiger partial charge in [0, 0.05) is 11.7 Å². The van der Waals surface area contributed by atoms with E-state index >= 15 is 0 Å². The van der Waals surface area contributed by atoms with E-state index < -0.39 is 5.41 Å². The molecule has 3 atom stereocenters. The molecule has 3 unspecified atom stereocenters. The number of nitrogens with one attached hydrogen (secondary N) is 1. The Balaban J connectivity index is 2.09. The zero-order valence-electron chi connectivity index (χ0n) is 12.9. The van der Waals surface area contributed by atoms with E-state index in [0.717, 1.165) is 17.7 Å². The van der Waals surface area contributed by atoms with Crippen molar-refractivity contribution in [3.8, 4) is 0 Å². The van der Waals surface area contributed by atoms with Crippen molar-refractivity contribution in [2.45, 2.75) is 52.0 Å². The third-order valence-electron chi connectivity index (χ3n) is 4.98. The second kappa shape index (κ2) is 5.47. The number of amides is 1. The van der Waals surface area contributed by atoms with Crippen LogP contribution in [0.1, 0.15) is 46.1 Å². The molecule has 3 N–H and O–H groups in total. The molecule has 0 aromatic heterocycles. The molecule has 3 nitrogen and oxygen atoms in total. The maximum atomic E-state index is 12.6. The SMILES string of the molecule is CC1CCC(NC(=O)C(C)(C)c2ccc(N)cc2)C1C. The van der Waals surface area contributed by atoms with Gasteiger partial charge in [-0.15, -0.1) is 0 Å². The fraction of sp³-hybridized carbons (Fsp3) is 0.588. The summed E-state index contributed by atoms with van der Waals surface area (Å²) in [5.74, 6) is 1.36. The number of rotatable bonds is 3. The van der Waals surface area contributed by atoms with Crippen LogP contribution in [0.25, 0.3) is 0 Å². The van der Waals surface area contributed by atoms with Gasteiger partial charge in [0.25, 0.3) is 0 Å². The topological polar surface area (TPSA) is 55.1 Å². The lowest BCUT2D eigenvalue weighted by Gasteiger charge is -2.28. The number of carbonyl (C=O) groups excluding carboxylic acids is 1. The average Bonchev–Trinajstić information content (AvgIpc) is 2.71. The molecule has 0 heterocycles. The monoisotopic (exact) mass is 274 g/mol. The average molecular weight is 274 g/mol. The van der Waals surface area contributed by atoms with E-state index in [2.05, 4.69) is 19.2 Å². The number of hydrogen-bond acceptors (Lipinski definition) is 2. The Morgan fingerprint density at radius 3 is 2.30 bits per heavy atom. The highest BCUT2D eigenvalue weighted by atomic mass is 16.2. The predicted octanol–water partition coefficient (Wildman–Crippen LogP) is 3.10. The molecule has 1 fully saturated rings. The first-order valence-corrected chi connectivity index (χ1v) is 7.49. The maximum absolute atomic E-state index is 12.6. The van der Waals surface area contributed by atoms with Gasteiger partial charge in [0.1, 0.15) is 0 Å². The van der Waals surface area contributed by atoms with Crippen LogP contribution in [0.3, 0.4) is 0 Å². The molecule has 1 saturated carbocycles. The normalized spacial score (nSPS) is 26.5. The van der Waals surface area contributed by atoms with Crippen molar-refractivity contribution < 1.29 is 4.79 Å². The van der Waals surface area contributed by atoms with E-state index in [4.69, 9.17) is 5.73 Å². The molecule has 1 aromatic carbocycles. The van der Waals surface area contributed by atoms with Crippen LogP contribution in [0.5, 0.6) is 0 Å². The molecule has 1 aliphatic carbocycles. The molecule has 3 heteroatoms. The number of anilines is 1. The second-order valence-corrected chi connectivity index (χ2v) is 6.74. The largest absolute Gasteiger partial charge is 0.399 e. The Bertz CT molecular complexity index is 478. The van der Waals surface area contributed by atoms with Crippen molar-refractivity contribution in [2.24, 2.45) is 11.8 Å². The van der Waals surface area contributed by atoms with Crippen LogP contribution in [-0.2, 0) is 10.2 Å². The van der Waals surface area contributed by atoms with Gasteiger partial charge < -0.3 is 11.1 Å². The Morgan fingerprint density at radius 1 is 1.20 bits per heavy atom. The fourth-order valence-corrected chi connectivity index (χ4v) is 2.95. The van der Waals surface area contributed by atoms with Crippen LogP contribution in [0.15, 0.2) is 24.3 Å². The van der Waals surface area contributed by atoms with Gasteiger partial charge >= 0.3 is 0 Å². The summed E-state index contributed by atoms with van der Waals surface area (Å²) in [6.07, 6.45) is 2.29. The molecule has 2 rings (SSSR count). The van der Waals surface area contributed by atoms with Gasteiger partial charge in [0.05, 0.1) is 5.41 Å². The molecule has 0 saturated heterocycles. The minimum atomic E-state index is -0.529. The maximum Gasteiger partial charge on any atom is 0.230 e. The minimum absolute atomic E-state index is 0.105. The minimum Gasteiger partial charge on any atom is -0.399 e. The van der Waals surface area contributed by atoms with Crippen molar-refractivity contribution in [3.63, 3.8) is 0 Å². The molecule has 1 aromatic rings. The van der Waals surface area contributed by atoms with Gasteiger partial charge in [0.15, 0.2) is 0 Å². The molecule has 20 heavy (non-hydrogen) atoms. The Hall–Kier alpha value is -1.51. The highest BCUT2D eigenvalue weighted by Gasteiger charge is 2.35. The molecule has 1 aliphatic rings. The standard InChI is InChI=1S/C17H26N2O/c1-11-5-10-15(12(11)2)19-16(20)17(3,4)13-6-8-14(18)9-7-13/h6-9,11-12,15H,5,10,18H2,1-4H3,(H,19,20). The quantitative estimate of drug-likeness (QED) is 0.832. The number of hydrogen-bond donors (Lipinski definition) is 2. The summed E-state index contributed by atoms with van der Waals surface area (Å²) in [5.41, 5.74) is 6.91. The summed E-state index contributed by atoms with van der Waals surface area (Å²) >= 11 is 0. The summed E-state index contributed by atoms with van der Waals surface area (Å²) < 4.78 is 0. The van der Waals surface area contributed by atoms with E-state index in [-0.39, 0.29) is 5.91 Å². The highest BCUT2D eigenvalue weighted by Crippen LogP contribution is 2.32. The summed E-state index contributed by atoms with van der Waals surface area (Å²) in [4.78, 5) is 12.6. The lowest BCUT2D eigenvalue weighted by atomic mass is 9.83. The van der Waals surface area contributed by atoms with Crippen molar-refractivity contribution in [2.75, 3.05) is 5.73 Å². The third kappa shape index (κ3) is 2.82. The van der Waals surface area contributed by atoms with E-state index in [1.807, 2.05) is 38.1 Å². The van der Waals surface area contributed by atoms with Gasteiger partial charge in [-0.25, -0.2) is 0 Å². The molecular formula is C17H26N2O. The molecule has 0 radical (unpaired) electrons. The van der Waals surface area contributed by atoms with Gasteiger partial charge in [-0.3, -0.25) is 4.79 Å². The zero-order valence-corrected chi connectivity index (χ0v) is 12.9. The van der Waals surface area contributed by atoms with E-state index in [9.17, 15) is 4.79 Å². The summed E-state index contributed by atoms with van der Waals surface area (Å²) in [6.45, 7) is 8.44. The van der Waals surface area contributed by atoms with E-state index in [0.29, 0.717) is 17.9 Å².